The Morgan fingerprint density at radius 1 is 1.19 bits per heavy atom. The average molecular weight is 424 g/mol. The number of hydrogen-bond acceptors (Lipinski definition) is 4. The van der Waals surface area contributed by atoms with Crippen LogP contribution in [-0.4, -0.2) is 44.6 Å². The quantitative estimate of drug-likeness (QED) is 0.487. The van der Waals surface area contributed by atoms with Gasteiger partial charge in [-0.25, -0.2) is 4.79 Å². The monoisotopic (exact) mass is 422 g/mol. The number of halogens is 2. The van der Waals surface area contributed by atoms with Crippen molar-refractivity contribution in [1.82, 2.24) is 0 Å². The van der Waals surface area contributed by atoms with Gasteiger partial charge in [0.1, 0.15) is 12.4 Å². The standard InChI is InChI=1S/C14H16Br2O5/c1-19-4-5-20-6-7-21-14-11(15)8-10(9-12(14)16)2-3-13(17)18/h2-3,8-9H,4-7H2,1H3,(H,17,18)/b3-2+. The molecule has 0 fully saturated rings. The van der Waals surface area contributed by atoms with Crippen LogP contribution in [0.5, 0.6) is 5.75 Å². The SMILES string of the molecule is COCCOCCOc1c(Br)cc(/C=C/C(=O)O)cc1Br. The Hall–Kier alpha value is -0.890. The van der Waals surface area contributed by atoms with E-state index in [2.05, 4.69) is 31.9 Å². The van der Waals surface area contributed by atoms with E-state index in [9.17, 15) is 4.79 Å². The Morgan fingerprint density at radius 2 is 1.81 bits per heavy atom. The average Bonchev–Trinajstić information content (AvgIpc) is 2.42. The molecule has 0 unspecified atom stereocenters. The van der Waals surface area contributed by atoms with Crippen molar-refractivity contribution in [2.45, 2.75) is 0 Å². The summed E-state index contributed by atoms with van der Waals surface area (Å²) >= 11 is 6.80. The molecule has 1 aromatic carbocycles. The van der Waals surface area contributed by atoms with Crippen molar-refractivity contribution in [1.29, 1.82) is 0 Å². The van der Waals surface area contributed by atoms with E-state index in [0.717, 1.165) is 20.6 Å². The van der Waals surface area contributed by atoms with Gasteiger partial charge in [0, 0.05) is 13.2 Å². The predicted octanol–water partition coefficient (Wildman–Crippen LogP) is 3.35. The number of carbonyl (C=O) groups is 1. The van der Waals surface area contributed by atoms with Crippen LogP contribution >= 0.6 is 31.9 Å². The summed E-state index contributed by atoms with van der Waals surface area (Å²) in [6.45, 7) is 1.95. The molecule has 5 nitrogen and oxygen atoms in total. The lowest BCUT2D eigenvalue weighted by Crippen LogP contribution is -2.10. The second-order valence-electron chi connectivity index (χ2n) is 3.94. The minimum absolute atomic E-state index is 0.408. The maximum Gasteiger partial charge on any atom is 0.328 e. The third kappa shape index (κ3) is 7.08. The summed E-state index contributed by atoms with van der Waals surface area (Å²) in [5.74, 6) is -0.339. The van der Waals surface area contributed by atoms with Gasteiger partial charge in [0.05, 0.1) is 28.8 Å². The Kier molecular flexibility index (Phi) is 8.60. The van der Waals surface area contributed by atoms with Crippen LogP contribution in [0.3, 0.4) is 0 Å². The predicted molar refractivity (Wildman–Crippen MR) is 86.7 cm³/mol. The molecule has 0 amide bonds. The molecule has 21 heavy (non-hydrogen) atoms. The first kappa shape index (κ1) is 18.2. The molecule has 0 atom stereocenters. The van der Waals surface area contributed by atoms with Gasteiger partial charge < -0.3 is 19.3 Å². The summed E-state index contributed by atoms with van der Waals surface area (Å²) in [6, 6.07) is 3.57. The summed E-state index contributed by atoms with van der Waals surface area (Å²) in [7, 11) is 1.62. The maximum atomic E-state index is 10.5. The molecular formula is C14H16Br2O5. The zero-order chi connectivity index (χ0) is 15.7. The third-order valence-corrected chi connectivity index (χ3v) is 3.52. The van der Waals surface area contributed by atoms with Crippen LogP contribution in [0.2, 0.25) is 0 Å². The fourth-order valence-corrected chi connectivity index (χ4v) is 2.88. The molecule has 1 aromatic rings. The molecule has 0 aliphatic heterocycles. The van der Waals surface area contributed by atoms with Crippen LogP contribution in [-0.2, 0) is 14.3 Å². The van der Waals surface area contributed by atoms with Crippen molar-refractivity contribution < 1.29 is 24.1 Å². The van der Waals surface area contributed by atoms with Crippen molar-refractivity contribution in [3.05, 3.63) is 32.7 Å². The lowest BCUT2D eigenvalue weighted by atomic mass is 10.2. The van der Waals surface area contributed by atoms with Crippen LogP contribution in [0.25, 0.3) is 6.08 Å². The number of carboxylic acid groups (broad SMARTS) is 1. The molecule has 0 aliphatic carbocycles. The molecule has 0 saturated carbocycles. The molecule has 7 heteroatoms. The second-order valence-corrected chi connectivity index (χ2v) is 5.65. The largest absolute Gasteiger partial charge is 0.489 e. The summed E-state index contributed by atoms with van der Waals surface area (Å²) < 4.78 is 17.3. The van der Waals surface area contributed by atoms with E-state index in [4.69, 9.17) is 19.3 Å². The van der Waals surface area contributed by atoms with Crippen molar-refractivity contribution >= 4 is 43.9 Å². The topological polar surface area (TPSA) is 65.0 Å². The van der Waals surface area contributed by atoms with Gasteiger partial charge in [0.25, 0.3) is 0 Å². The van der Waals surface area contributed by atoms with Gasteiger partial charge in [0.15, 0.2) is 0 Å². The lowest BCUT2D eigenvalue weighted by molar-refractivity contribution is -0.131. The van der Waals surface area contributed by atoms with Crippen LogP contribution in [0.4, 0.5) is 0 Å². The molecule has 0 radical (unpaired) electrons. The van der Waals surface area contributed by atoms with Crippen molar-refractivity contribution in [3.63, 3.8) is 0 Å². The van der Waals surface area contributed by atoms with E-state index in [1.807, 2.05) is 0 Å². The van der Waals surface area contributed by atoms with Crippen LogP contribution < -0.4 is 4.74 Å². The fourth-order valence-electron chi connectivity index (χ4n) is 1.43. The maximum absolute atomic E-state index is 10.5. The number of hydrogen-bond donors (Lipinski definition) is 1. The highest BCUT2D eigenvalue weighted by Gasteiger charge is 2.08. The molecule has 0 heterocycles. The molecule has 1 rings (SSSR count). The fraction of sp³-hybridized carbons (Fsp3) is 0.357. The molecule has 0 bridgehead atoms. The number of aliphatic carboxylic acids is 1. The Balaban J connectivity index is 2.57. The number of methoxy groups -OCH3 is 1. The van der Waals surface area contributed by atoms with Gasteiger partial charge in [0.2, 0.25) is 0 Å². The number of rotatable bonds is 9. The summed E-state index contributed by atoms with van der Waals surface area (Å²) in [5.41, 5.74) is 0.750. The molecule has 0 saturated heterocycles. The Morgan fingerprint density at radius 3 is 2.38 bits per heavy atom. The van der Waals surface area contributed by atoms with Gasteiger partial charge in [-0.2, -0.15) is 0 Å². The van der Waals surface area contributed by atoms with E-state index >= 15 is 0 Å². The van der Waals surface area contributed by atoms with Crippen molar-refractivity contribution in [2.24, 2.45) is 0 Å². The Bertz CT molecular complexity index is 479. The van der Waals surface area contributed by atoms with E-state index in [1.54, 1.807) is 19.2 Å². The third-order valence-electron chi connectivity index (χ3n) is 2.34. The number of carboxylic acids is 1. The molecule has 116 valence electrons. The molecule has 0 aliphatic rings. The molecule has 0 aromatic heterocycles. The highest BCUT2D eigenvalue weighted by atomic mass is 79.9. The molecule has 0 spiro atoms. The second kappa shape index (κ2) is 9.94. The van der Waals surface area contributed by atoms with E-state index in [-0.39, 0.29) is 0 Å². The highest BCUT2D eigenvalue weighted by Crippen LogP contribution is 2.35. The van der Waals surface area contributed by atoms with E-state index in [1.165, 1.54) is 6.08 Å². The van der Waals surface area contributed by atoms with Gasteiger partial charge in [-0.1, -0.05) is 0 Å². The van der Waals surface area contributed by atoms with E-state index in [0.29, 0.717) is 32.2 Å². The number of ether oxygens (including phenoxy) is 3. The minimum Gasteiger partial charge on any atom is -0.489 e. The van der Waals surface area contributed by atoms with Gasteiger partial charge in [-0.05, 0) is 55.6 Å². The zero-order valence-electron chi connectivity index (χ0n) is 11.5. The van der Waals surface area contributed by atoms with Crippen LogP contribution in [0.15, 0.2) is 27.2 Å². The first-order chi connectivity index (χ1) is 10.0. The summed E-state index contributed by atoms with van der Waals surface area (Å²) in [4.78, 5) is 10.5. The molecule has 1 N–H and O–H groups in total. The summed E-state index contributed by atoms with van der Waals surface area (Å²) in [6.07, 6.45) is 2.59. The lowest BCUT2D eigenvalue weighted by Gasteiger charge is -2.11. The van der Waals surface area contributed by atoms with Gasteiger partial charge in [-0.3, -0.25) is 0 Å². The van der Waals surface area contributed by atoms with Gasteiger partial charge >= 0.3 is 5.97 Å². The van der Waals surface area contributed by atoms with Crippen LogP contribution in [0.1, 0.15) is 5.56 Å². The number of benzene rings is 1. The molecular weight excluding hydrogens is 408 g/mol. The highest BCUT2D eigenvalue weighted by molar-refractivity contribution is 9.11. The summed E-state index contributed by atoms with van der Waals surface area (Å²) in [5, 5.41) is 8.62. The van der Waals surface area contributed by atoms with Gasteiger partial charge in [-0.15, -0.1) is 0 Å². The van der Waals surface area contributed by atoms with Crippen LogP contribution in [0, 0.1) is 0 Å². The van der Waals surface area contributed by atoms with Crippen molar-refractivity contribution in [3.8, 4) is 5.75 Å². The Labute approximate surface area is 140 Å². The normalized spacial score (nSPS) is 11.0. The first-order valence-corrected chi connectivity index (χ1v) is 7.72. The smallest absolute Gasteiger partial charge is 0.328 e. The van der Waals surface area contributed by atoms with Crippen molar-refractivity contribution in [2.75, 3.05) is 33.5 Å². The van der Waals surface area contributed by atoms with E-state index < -0.39 is 5.97 Å². The zero-order valence-corrected chi connectivity index (χ0v) is 14.6. The minimum atomic E-state index is -0.990. The first-order valence-electron chi connectivity index (χ1n) is 6.14.